The Bertz CT molecular complexity index is 302. The Balaban J connectivity index is 1.65. The zero-order chi connectivity index (χ0) is 11.2. The van der Waals surface area contributed by atoms with E-state index in [9.17, 15) is 0 Å². The molecule has 1 aromatic rings. The quantitative estimate of drug-likeness (QED) is 0.788. The smallest absolute Gasteiger partial charge is 0.0717 e. The van der Waals surface area contributed by atoms with E-state index < -0.39 is 0 Å². The first-order valence-electron chi connectivity index (χ1n) is 5.87. The summed E-state index contributed by atoms with van der Waals surface area (Å²) in [5.74, 6) is 0. The summed E-state index contributed by atoms with van der Waals surface area (Å²) in [6.07, 6.45) is 2.15. The normalized spacial score (nSPS) is 24.8. The van der Waals surface area contributed by atoms with Gasteiger partial charge < -0.3 is 15.2 Å². The van der Waals surface area contributed by atoms with Gasteiger partial charge in [-0.25, -0.2) is 0 Å². The molecule has 1 heterocycles. The molecule has 0 amide bonds. The molecule has 1 aliphatic heterocycles. The van der Waals surface area contributed by atoms with E-state index >= 15 is 0 Å². The molecule has 3 nitrogen and oxygen atoms in total. The van der Waals surface area contributed by atoms with E-state index in [4.69, 9.17) is 9.84 Å². The van der Waals surface area contributed by atoms with Crippen LogP contribution in [0.5, 0.6) is 0 Å². The molecule has 0 unspecified atom stereocenters. The average molecular weight is 221 g/mol. The van der Waals surface area contributed by atoms with Crippen molar-refractivity contribution in [1.29, 1.82) is 0 Å². The molecule has 88 valence electrons. The Morgan fingerprint density at radius 2 is 1.94 bits per heavy atom. The van der Waals surface area contributed by atoms with E-state index in [0.29, 0.717) is 12.6 Å². The highest BCUT2D eigenvalue weighted by Gasteiger charge is 2.22. The number of hydrogen-bond donors (Lipinski definition) is 2. The van der Waals surface area contributed by atoms with Crippen molar-refractivity contribution in [2.75, 3.05) is 13.2 Å². The molecular formula is C13H19NO2. The fourth-order valence-electron chi connectivity index (χ4n) is 2.07. The molecule has 0 radical (unpaired) electrons. The molecule has 0 spiro atoms. The molecule has 0 bridgehead atoms. The Labute approximate surface area is 96.4 Å². The lowest BCUT2D eigenvalue weighted by molar-refractivity contribution is 0.101. The van der Waals surface area contributed by atoms with Gasteiger partial charge in [0.25, 0.3) is 0 Å². The number of aliphatic hydroxyl groups is 1. The van der Waals surface area contributed by atoms with Gasteiger partial charge in [-0.2, -0.15) is 0 Å². The van der Waals surface area contributed by atoms with Crippen LogP contribution in [0.2, 0.25) is 0 Å². The maximum absolute atomic E-state index is 8.98. The molecule has 1 saturated heterocycles. The Morgan fingerprint density at radius 3 is 2.62 bits per heavy atom. The van der Waals surface area contributed by atoms with Crippen molar-refractivity contribution in [3.8, 4) is 0 Å². The highest BCUT2D eigenvalue weighted by atomic mass is 16.5. The topological polar surface area (TPSA) is 41.5 Å². The highest BCUT2D eigenvalue weighted by molar-refractivity contribution is 5.13. The third-order valence-corrected chi connectivity index (χ3v) is 2.99. The van der Waals surface area contributed by atoms with E-state index in [-0.39, 0.29) is 12.6 Å². The molecule has 1 aliphatic rings. The number of aliphatic hydroxyl groups excluding tert-OH is 1. The SMILES string of the molecule is OC[C@@H]1CC[C@@H](COCc2ccccc2)N1. The van der Waals surface area contributed by atoms with Crippen LogP contribution >= 0.6 is 0 Å². The second-order valence-electron chi connectivity index (χ2n) is 4.32. The Kier molecular flexibility index (Phi) is 4.34. The second-order valence-corrected chi connectivity index (χ2v) is 4.32. The van der Waals surface area contributed by atoms with Crippen LogP contribution in [-0.2, 0) is 11.3 Å². The molecule has 1 aromatic carbocycles. The minimum absolute atomic E-state index is 0.231. The zero-order valence-electron chi connectivity index (χ0n) is 9.43. The minimum Gasteiger partial charge on any atom is -0.395 e. The molecule has 2 rings (SSSR count). The predicted molar refractivity (Wildman–Crippen MR) is 63.1 cm³/mol. The van der Waals surface area contributed by atoms with Crippen LogP contribution in [0.3, 0.4) is 0 Å². The summed E-state index contributed by atoms with van der Waals surface area (Å²) < 4.78 is 5.65. The lowest BCUT2D eigenvalue weighted by Gasteiger charge is -2.13. The molecule has 0 saturated carbocycles. The monoisotopic (exact) mass is 221 g/mol. The van der Waals surface area contributed by atoms with Gasteiger partial charge in [-0.15, -0.1) is 0 Å². The summed E-state index contributed by atoms with van der Waals surface area (Å²) in [5, 5.41) is 12.3. The van der Waals surface area contributed by atoms with Gasteiger partial charge in [0.1, 0.15) is 0 Å². The highest BCUT2D eigenvalue weighted by Crippen LogP contribution is 2.12. The van der Waals surface area contributed by atoms with Crippen molar-refractivity contribution in [3.05, 3.63) is 35.9 Å². The number of ether oxygens (including phenoxy) is 1. The van der Waals surface area contributed by atoms with Gasteiger partial charge in [-0.1, -0.05) is 30.3 Å². The van der Waals surface area contributed by atoms with Crippen LogP contribution in [0, 0.1) is 0 Å². The fourth-order valence-corrected chi connectivity index (χ4v) is 2.07. The Morgan fingerprint density at radius 1 is 1.19 bits per heavy atom. The average Bonchev–Trinajstić information content (AvgIpc) is 2.78. The molecule has 1 fully saturated rings. The summed E-state index contributed by atoms with van der Waals surface area (Å²) >= 11 is 0. The van der Waals surface area contributed by atoms with Crippen LogP contribution < -0.4 is 5.32 Å². The van der Waals surface area contributed by atoms with Crippen molar-refractivity contribution in [2.45, 2.75) is 31.5 Å². The van der Waals surface area contributed by atoms with Crippen molar-refractivity contribution in [2.24, 2.45) is 0 Å². The fraction of sp³-hybridized carbons (Fsp3) is 0.538. The molecule has 3 heteroatoms. The lowest BCUT2D eigenvalue weighted by Crippen LogP contribution is -2.34. The molecule has 0 aliphatic carbocycles. The van der Waals surface area contributed by atoms with Crippen LogP contribution in [0.1, 0.15) is 18.4 Å². The lowest BCUT2D eigenvalue weighted by atomic mass is 10.2. The van der Waals surface area contributed by atoms with Crippen LogP contribution in [0.15, 0.2) is 30.3 Å². The summed E-state index contributed by atoms with van der Waals surface area (Å²) in [4.78, 5) is 0. The van der Waals surface area contributed by atoms with Gasteiger partial charge in [0.15, 0.2) is 0 Å². The summed E-state index contributed by atoms with van der Waals surface area (Å²) in [6.45, 7) is 1.63. The van der Waals surface area contributed by atoms with Crippen molar-refractivity contribution in [1.82, 2.24) is 5.32 Å². The number of benzene rings is 1. The first-order valence-corrected chi connectivity index (χ1v) is 5.87. The van der Waals surface area contributed by atoms with Crippen molar-refractivity contribution >= 4 is 0 Å². The number of rotatable bonds is 5. The molecular weight excluding hydrogens is 202 g/mol. The van der Waals surface area contributed by atoms with Gasteiger partial charge in [0.05, 0.1) is 19.8 Å². The van der Waals surface area contributed by atoms with Crippen molar-refractivity contribution < 1.29 is 9.84 Å². The molecule has 0 aromatic heterocycles. The summed E-state index contributed by atoms with van der Waals surface area (Å²) in [7, 11) is 0. The van der Waals surface area contributed by atoms with Crippen LogP contribution in [0.4, 0.5) is 0 Å². The largest absolute Gasteiger partial charge is 0.395 e. The van der Waals surface area contributed by atoms with Gasteiger partial charge in [-0.3, -0.25) is 0 Å². The molecule has 16 heavy (non-hydrogen) atoms. The van der Waals surface area contributed by atoms with Crippen LogP contribution in [-0.4, -0.2) is 30.4 Å². The third-order valence-electron chi connectivity index (χ3n) is 2.99. The zero-order valence-corrected chi connectivity index (χ0v) is 9.43. The summed E-state index contributed by atoms with van der Waals surface area (Å²) in [6, 6.07) is 10.9. The molecule has 2 N–H and O–H groups in total. The first-order chi connectivity index (χ1) is 7.88. The van der Waals surface area contributed by atoms with Crippen LogP contribution in [0.25, 0.3) is 0 Å². The van der Waals surface area contributed by atoms with E-state index in [2.05, 4.69) is 17.4 Å². The number of nitrogens with one attached hydrogen (secondary N) is 1. The van der Waals surface area contributed by atoms with E-state index in [1.807, 2.05) is 18.2 Å². The van der Waals surface area contributed by atoms with Gasteiger partial charge in [0, 0.05) is 12.1 Å². The third kappa shape index (κ3) is 3.30. The van der Waals surface area contributed by atoms with E-state index in [1.54, 1.807) is 0 Å². The Hall–Kier alpha value is -0.900. The maximum Gasteiger partial charge on any atom is 0.0717 e. The standard InChI is InChI=1S/C13H19NO2/c15-8-12-6-7-13(14-12)10-16-9-11-4-2-1-3-5-11/h1-5,12-15H,6-10H2/t12-,13-/m0/s1. The summed E-state index contributed by atoms with van der Waals surface area (Å²) in [5.41, 5.74) is 1.21. The van der Waals surface area contributed by atoms with Gasteiger partial charge >= 0.3 is 0 Å². The van der Waals surface area contributed by atoms with Gasteiger partial charge in [0.2, 0.25) is 0 Å². The minimum atomic E-state index is 0.231. The van der Waals surface area contributed by atoms with E-state index in [1.165, 1.54) is 5.56 Å². The van der Waals surface area contributed by atoms with E-state index in [0.717, 1.165) is 19.4 Å². The maximum atomic E-state index is 8.98. The molecule has 2 atom stereocenters. The first kappa shape index (κ1) is 11.6. The van der Waals surface area contributed by atoms with Crippen molar-refractivity contribution in [3.63, 3.8) is 0 Å². The second kappa shape index (κ2) is 5.99. The predicted octanol–water partition coefficient (Wildman–Crippen LogP) is 1.32. The number of hydrogen-bond acceptors (Lipinski definition) is 3. The van der Waals surface area contributed by atoms with Gasteiger partial charge in [-0.05, 0) is 18.4 Å².